The van der Waals surface area contributed by atoms with E-state index in [1.165, 1.54) is 41.5 Å². The first-order valence-electron chi connectivity index (χ1n) is 11.3. The van der Waals surface area contributed by atoms with Gasteiger partial charge in [0.1, 0.15) is 0 Å². The van der Waals surface area contributed by atoms with Gasteiger partial charge in [-0.05, 0) is 72.9 Å². The van der Waals surface area contributed by atoms with Crippen LogP contribution in [0.2, 0.25) is 0 Å². The van der Waals surface area contributed by atoms with Gasteiger partial charge in [0.25, 0.3) is 0 Å². The number of hydrogen-bond donors (Lipinski definition) is 1. The Hall–Kier alpha value is -3.20. The Morgan fingerprint density at radius 3 is 2.13 bits per heavy atom. The van der Waals surface area contributed by atoms with Crippen LogP contribution in [0.25, 0.3) is 0 Å². The molecule has 1 fully saturated rings. The van der Waals surface area contributed by atoms with Gasteiger partial charge >= 0.3 is 0 Å². The molecule has 156 valence electrons. The smallest absolute Gasteiger partial charge is 0.244 e. The predicted octanol–water partition coefficient (Wildman–Crippen LogP) is 5.41. The Kier molecular flexibility index (Phi) is 5.19. The Morgan fingerprint density at radius 2 is 1.48 bits per heavy atom. The van der Waals surface area contributed by atoms with Crippen LogP contribution in [0, 0.1) is 5.92 Å². The molecule has 0 saturated heterocycles. The standard InChI is InChI=1S/C28H28N2O/c1-20(22-17-16-21-10-8-9-11-23(21)18-22)29-30-27(31)26-19-28(26,24-12-4-2-5-13-24)25-14-6-3-7-15-25/h2-7,12-18,26H,8-11,19H2,1H3,(H,30,31)/t26-/m1/s1. The first kappa shape index (κ1) is 19.7. The number of nitrogens with zero attached hydrogens (tertiary/aromatic N) is 1. The van der Waals surface area contributed by atoms with Crippen molar-refractivity contribution in [3.05, 3.63) is 107 Å². The Bertz CT molecular complexity index is 1080. The van der Waals surface area contributed by atoms with Crippen LogP contribution in [-0.2, 0) is 23.1 Å². The van der Waals surface area contributed by atoms with Crippen molar-refractivity contribution in [1.82, 2.24) is 5.43 Å². The molecule has 2 aliphatic rings. The summed E-state index contributed by atoms with van der Waals surface area (Å²) in [5.74, 6) is -0.123. The molecule has 1 amide bonds. The molecule has 5 rings (SSSR count). The van der Waals surface area contributed by atoms with Crippen LogP contribution in [0.5, 0.6) is 0 Å². The molecule has 31 heavy (non-hydrogen) atoms. The van der Waals surface area contributed by atoms with E-state index >= 15 is 0 Å². The minimum atomic E-state index is -0.262. The summed E-state index contributed by atoms with van der Waals surface area (Å²) in [6.45, 7) is 1.97. The maximum atomic E-state index is 13.1. The van der Waals surface area contributed by atoms with Crippen LogP contribution in [0.3, 0.4) is 0 Å². The van der Waals surface area contributed by atoms with Gasteiger partial charge in [-0.2, -0.15) is 5.10 Å². The molecule has 0 radical (unpaired) electrons. The number of carbonyl (C=O) groups excluding carboxylic acids is 1. The van der Waals surface area contributed by atoms with Crippen LogP contribution >= 0.6 is 0 Å². The molecule has 3 heteroatoms. The monoisotopic (exact) mass is 408 g/mol. The van der Waals surface area contributed by atoms with Gasteiger partial charge in [-0.15, -0.1) is 0 Å². The van der Waals surface area contributed by atoms with Crippen molar-refractivity contribution in [2.45, 2.75) is 44.4 Å². The molecule has 3 aromatic rings. The zero-order valence-electron chi connectivity index (χ0n) is 18.0. The number of nitrogens with one attached hydrogen (secondary N) is 1. The molecule has 3 aromatic carbocycles. The van der Waals surface area contributed by atoms with Crippen molar-refractivity contribution >= 4 is 11.6 Å². The number of rotatable bonds is 5. The van der Waals surface area contributed by atoms with E-state index in [9.17, 15) is 4.79 Å². The summed E-state index contributed by atoms with van der Waals surface area (Å²) in [6.07, 6.45) is 5.65. The molecule has 0 aromatic heterocycles. The lowest BCUT2D eigenvalue weighted by Crippen LogP contribution is -2.26. The normalized spacial score (nSPS) is 19.4. The number of benzene rings is 3. The van der Waals surface area contributed by atoms with E-state index in [4.69, 9.17) is 0 Å². The third-order valence-corrected chi connectivity index (χ3v) is 6.96. The van der Waals surface area contributed by atoms with Crippen molar-refractivity contribution < 1.29 is 4.79 Å². The van der Waals surface area contributed by atoms with Crippen molar-refractivity contribution in [1.29, 1.82) is 0 Å². The SMILES string of the molecule is CC(=NNC(=O)[C@H]1CC1(c1ccccc1)c1ccccc1)c1ccc2c(c1)CCCC2. The highest BCUT2D eigenvalue weighted by atomic mass is 16.2. The van der Waals surface area contributed by atoms with Gasteiger partial charge in [0.05, 0.1) is 11.6 Å². The number of hydrogen-bond acceptors (Lipinski definition) is 2. The lowest BCUT2D eigenvalue weighted by Gasteiger charge is -2.18. The fraction of sp³-hybridized carbons (Fsp3) is 0.286. The fourth-order valence-corrected chi connectivity index (χ4v) is 5.10. The van der Waals surface area contributed by atoms with Crippen LogP contribution in [0.15, 0.2) is 84.0 Å². The second-order valence-corrected chi connectivity index (χ2v) is 8.82. The average Bonchev–Trinajstić information content (AvgIpc) is 3.60. The average molecular weight is 409 g/mol. The summed E-state index contributed by atoms with van der Waals surface area (Å²) in [7, 11) is 0. The largest absolute Gasteiger partial charge is 0.273 e. The molecular weight excluding hydrogens is 380 g/mol. The zero-order chi connectivity index (χ0) is 21.3. The van der Waals surface area contributed by atoms with Crippen LogP contribution in [0.4, 0.5) is 0 Å². The van der Waals surface area contributed by atoms with Crippen molar-refractivity contribution in [2.24, 2.45) is 11.0 Å². The minimum Gasteiger partial charge on any atom is -0.273 e. The summed E-state index contributed by atoms with van der Waals surface area (Å²) < 4.78 is 0. The highest BCUT2D eigenvalue weighted by Crippen LogP contribution is 2.58. The first-order chi connectivity index (χ1) is 15.2. The molecule has 0 spiro atoms. The van der Waals surface area contributed by atoms with Crippen molar-refractivity contribution in [3.8, 4) is 0 Å². The first-order valence-corrected chi connectivity index (χ1v) is 11.3. The lowest BCUT2D eigenvalue weighted by molar-refractivity contribution is -0.122. The Balaban J connectivity index is 1.36. The van der Waals surface area contributed by atoms with Gasteiger partial charge in [-0.25, -0.2) is 5.43 Å². The highest BCUT2D eigenvalue weighted by molar-refractivity contribution is 5.99. The van der Waals surface area contributed by atoms with E-state index in [2.05, 4.69) is 53.0 Å². The summed E-state index contributed by atoms with van der Waals surface area (Å²) in [5.41, 5.74) is 9.82. The van der Waals surface area contributed by atoms with Gasteiger partial charge in [0.15, 0.2) is 0 Å². The molecule has 0 aliphatic heterocycles. The van der Waals surface area contributed by atoms with E-state index in [0.29, 0.717) is 0 Å². The highest BCUT2D eigenvalue weighted by Gasteiger charge is 2.60. The van der Waals surface area contributed by atoms with E-state index in [1.54, 1.807) is 0 Å². The van der Waals surface area contributed by atoms with Gasteiger partial charge in [-0.3, -0.25) is 4.79 Å². The van der Waals surface area contributed by atoms with E-state index in [1.807, 2.05) is 43.3 Å². The molecule has 3 nitrogen and oxygen atoms in total. The Labute approximate surface area is 184 Å². The van der Waals surface area contributed by atoms with Gasteiger partial charge in [0, 0.05) is 5.41 Å². The number of hydrazone groups is 1. The topological polar surface area (TPSA) is 41.5 Å². The number of fused-ring (bicyclic) bond motifs is 1. The van der Waals surface area contributed by atoms with E-state index in [-0.39, 0.29) is 17.2 Å². The Morgan fingerprint density at radius 1 is 0.871 bits per heavy atom. The number of carbonyl (C=O) groups is 1. The summed E-state index contributed by atoms with van der Waals surface area (Å²) in [4.78, 5) is 13.1. The predicted molar refractivity (Wildman–Crippen MR) is 125 cm³/mol. The van der Waals surface area contributed by atoms with Crippen LogP contribution < -0.4 is 5.43 Å². The third-order valence-electron chi connectivity index (χ3n) is 6.96. The second-order valence-electron chi connectivity index (χ2n) is 8.82. The summed E-state index contributed by atoms with van der Waals surface area (Å²) in [6, 6.07) is 27.3. The van der Waals surface area contributed by atoms with E-state index < -0.39 is 0 Å². The van der Waals surface area contributed by atoms with Gasteiger partial charge in [0.2, 0.25) is 5.91 Å². The number of aryl methyl sites for hydroxylation is 2. The minimum absolute atomic E-state index is 0.00924. The molecule has 2 aliphatic carbocycles. The van der Waals surface area contributed by atoms with E-state index in [0.717, 1.165) is 24.1 Å². The van der Waals surface area contributed by atoms with Gasteiger partial charge < -0.3 is 0 Å². The molecule has 1 N–H and O–H groups in total. The molecule has 0 heterocycles. The van der Waals surface area contributed by atoms with Crippen molar-refractivity contribution in [3.63, 3.8) is 0 Å². The quantitative estimate of drug-likeness (QED) is 0.445. The summed E-state index contributed by atoms with van der Waals surface area (Å²) >= 11 is 0. The van der Waals surface area contributed by atoms with Crippen molar-refractivity contribution in [2.75, 3.05) is 0 Å². The second kappa shape index (κ2) is 8.14. The summed E-state index contributed by atoms with van der Waals surface area (Å²) in [5, 5.41) is 4.47. The number of amides is 1. The maximum Gasteiger partial charge on any atom is 0.244 e. The van der Waals surface area contributed by atoms with Gasteiger partial charge in [-0.1, -0.05) is 72.8 Å². The molecule has 1 saturated carbocycles. The fourth-order valence-electron chi connectivity index (χ4n) is 5.10. The zero-order valence-corrected chi connectivity index (χ0v) is 18.0. The molecule has 0 bridgehead atoms. The third kappa shape index (κ3) is 3.69. The molecular formula is C28H28N2O. The van der Waals surface area contributed by atoms with Crippen LogP contribution in [0.1, 0.15) is 54.0 Å². The molecule has 0 unspecified atom stereocenters. The molecule has 1 atom stereocenters. The lowest BCUT2D eigenvalue weighted by atomic mass is 9.85. The maximum absolute atomic E-state index is 13.1. The van der Waals surface area contributed by atoms with Crippen LogP contribution in [-0.4, -0.2) is 11.6 Å².